The molecule has 0 saturated carbocycles. The van der Waals surface area contributed by atoms with Crippen LogP contribution in [0.5, 0.6) is 0 Å². The van der Waals surface area contributed by atoms with Crippen LogP contribution in [0.3, 0.4) is 0 Å². The van der Waals surface area contributed by atoms with Gasteiger partial charge in [-0.15, -0.1) is 0 Å². The van der Waals surface area contributed by atoms with Crippen molar-refractivity contribution in [2.24, 2.45) is 0 Å². The summed E-state index contributed by atoms with van der Waals surface area (Å²) in [7, 11) is 0. The molecule has 0 heterocycles. The maximum atomic E-state index is 2.28. The molecule has 2 aromatic carbocycles. The lowest BCUT2D eigenvalue weighted by molar-refractivity contribution is 1.14. The van der Waals surface area contributed by atoms with Crippen molar-refractivity contribution in [1.82, 2.24) is 0 Å². The Bertz CT molecular complexity index is 615. The van der Waals surface area contributed by atoms with Gasteiger partial charge in [0.25, 0.3) is 0 Å². The maximum Gasteiger partial charge on any atom is -0.00576 e. The fourth-order valence-electron chi connectivity index (χ4n) is 2.74. The molecule has 0 atom stereocenters. The van der Waals surface area contributed by atoms with Gasteiger partial charge in [0.1, 0.15) is 0 Å². The molecule has 0 amide bonds. The molecule has 0 heteroatoms. The lowest BCUT2D eigenvalue weighted by Gasteiger charge is -2.21. The zero-order valence-electron chi connectivity index (χ0n) is 10.1. The van der Waals surface area contributed by atoms with Crippen molar-refractivity contribution in [1.29, 1.82) is 0 Å². The molecule has 0 unspecified atom stereocenters. The van der Waals surface area contributed by atoms with Crippen LogP contribution in [-0.4, -0.2) is 0 Å². The molecule has 2 aromatic rings. The van der Waals surface area contributed by atoms with Crippen LogP contribution in [0.4, 0.5) is 0 Å². The van der Waals surface area contributed by atoms with Crippen LogP contribution in [-0.2, 0) is 6.42 Å². The summed E-state index contributed by atoms with van der Waals surface area (Å²) in [5.41, 5.74) is 7.26. The van der Waals surface area contributed by atoms with Gasteiger partial charge in [-0.25, -0.2) is 0 Å². The van der Waals surface area contributed by atoms with Gasteiger partial charge in [-0.05, 0) is 60.2 Å². The highest BCUT2D eigenvalue weighted by Crippen LogP contribution is 2.36. The first-order valence-electron chi connectivity index (χ1n) is 5.86. The first-order chi connectivity index (χ1) is 7.68. The van der Waals surface area contributed by atoms with Crippen LogP contribution in [0.1, 0.15) is 30.5 Å². The van der Waals surface area contributed by atoms with Gasteiger partial charge in [0.2, 0.25) is 0 Å². The molecule has 0 nitrogen and oxygen atoms in total. The van der Waals surface area contributed by atoms with Crippen LogP contribution < -0.4 is 0 Å². The van der Waals surface area contributed by atoms with E-state index >= 15 is 0 Å². The number of benzene rings is 2. The molecule has 1 aliphatic rings. The molecule has 1 aliphatic carbocycles. The number of allylic oxidation sites excluding steroid dienone is 2. The molecule has 0 saturated heterocycles. The summed E-state index contributed by atoms with van der Waals surface area (Å²) >= 11 is 0. The first kappa shape index (κ1) is 9.65. The van der Waals surface area contributed by atoms with Crippen molar-refractivity contribution in [2.45, 2.75) is 27.2 Å². The zero-order chi connectivity index (χ0) is 11.3. The van der Waals surface area contributed by atoms with E-state index in [1.54, 1.807) is 0 Å². The van der Waals surface area contributed by atoms with E-state index in [4.69, 9.17) is 0 Å². The topological polar surface area (TPSA) is 0 Å². The Kier molecular flexibility index (Phi) is 1.94. The molecule has 0 aromatic heterocycles. The standard InChI is InChI=1S/C16H16/c1-10-7-8-15-12(3)11(2)9-13-5-4-6-14(10)16(13)15/h4-8H,9H2,1-3H3. The van der Waals surface area contributed by atoms with E-state index in [2.05, 4.69) is 51.1 Å². The highest BCUT2D eigenvalue weighted by Gasteiger charge is 2.15. The predicted molar refractivity (Wildman–Crippen MR) is 70.7 cm³/mol. The number of hydrogen-bond acceptors (Lipinski definition) is 0. The van der Waals surface area contributed by atoms with E-state index in [1.165, 1.54) is 38.6 Å². The van der Waals surface area contributed by atoms with Crippen molar-refractivity contribution in [3.05, 3.63) is 52.6 Å². The second-order valence-electron chi connectivity index (χ2n) is 4.85. The van der Waals surface area contributed by atoms with Crippen molar-refractivity contribution in [3.63, 3.8) is 0 Å². The molecule has 0 bridgehead atoms. The van der Waals surface area contributed by atoms with Gasteiger partial charge in [-0.3, -0.25) is 0 Å². The Morgan fingerprint density at radius 1 is 0.938 bits per heavy atom. The molecule has 3 rings (SSSR count). The van der Waals surface area contributed by atoms with Crippen molar-refractivity contribution >= 4 is 16.3 Å². The first-order valence-corrected chi connectivity index (χ1v) is 5.86. The monoisotopic (exact) mass is 208 g/mol. The van der Waals surface area contributed by atoms with E-state index < -0.39 is 0 Å². The minimum Gasteiger partial charge on any atom is -0.0654 e. The summed E-state index contributed by atoms with van der Waals surface area (Å²) < 4.78 is 0. The smallest absolute Gasteiger partial charge is 0.00576 e. The Balaban J connectivity index is 2.52. The molecule has 0 aliphatic heterocycles. The van der Waals surface area contributed by atoms with E-state index in [-0.39, 0.29) is 0 Å². The quantitative estimate of drug-likeness (QED) is 0.598. The van der Waals surface area contributed by atoms with Gasteiger partial charge >= 0.3 is 0 Å². The lowest BCUT2D eigenvalue weighted by Crippen LogP contribution is -2.01. The second kappa shape index (κ2) is 3.21. The summed E-state index contributed by atoms with van der Waals surface area (Å²) in [4.78, 5) is 0. The molecule has 80 valence electrons. The van der Waals surface area contributed by atoms with Gasteiger partial charge in [-0.2, -0.15) is 0 Å². The normalized spacial score (nSPS) is 14.7. The van der Waals surface area contributed by atoms with E-state index in [9.17, 15) is 0 Å². The summed E-state index contributed by atoms with van der Waals surface area (Å²) in [5.74, 6) is 0. The van der Waals surface area contributed by atoms with Gasteiger partial charge in [0.05, 0.1) is 0 Å². The Morgan fingerprint density at radius 3 is 2.56 bits per heavy atom. The van der Waals surface area contributed by atoms with Crippen LogP contribution in [0.2, 0.25) is 0 Å². The maximum absolute atomic E-state index is 2.28. The van der Waals surface area contributed by atoms with Gasteiger partial charge in [-0.1, -0.05) is 35.9 Å². The molecular weight excluding hydrogens is 192 g/mol. The van der Waals surface area contributed by atoms with E-state index in [1.807, 2.05) is 0 Å². The number of rotatable bonds is 0. The number of aryl methyl sites for hydroxylation is 1. The van der Waals surface area contributed by atoms with Crippen molar-refractivity contribution < 1.29 is 0 Å². The van der Waals surface area contributed by atoms with Crippen LogP contribution in [0.15, 0.2) is 35.9 Å². The predicted octanol–water partition coefficient (Wildman–Crippen LogP) is 4.50. The zero-order valence-corrected chi connectivity index (χ0v) is 10.1. The van der Waals surface area contributed by atoms with Gasteiger partial charge in [0.15, 0.2) is 0 Å². The van der Waals surface area contributed by atoms with Crippen LogP contribution >= 0.6 is 0 Å². The van der Waals surface area contributed by atoms with E-state index in [0.29, 0.717) is 0 Å². The highest BCUT2D eigenvalue weighted by molar-refractivity contribution is 6.00. The summed E-state index contributed by atoms with van der Waals surface area (Å²) in [6.45, 7) is 6.69. The molecule has 0 fully saturated rings. The Labute approximate surface area is 96.6 Å². The number of hydrogen-bond donors (Lipinski definition) is 0. The minimum atomic E-state index is 1.11. The second-order valence-corrected chi connectivity index (χ2v) is 4.85. The third-order valence-corrected chi connectivity index (χ3v) is 3.84. The summed E-state index contributed by atoms with van der Waals surface area (Å²) in [6, 6.07) is 11.2. The summed E-state index contributed by atoms with van der Waals surface area (Å²) in [5, 5.41) is 2.90. The molecular formula is C16H16. The molecule has 16 heavy (non-hydrogen) atoms. The van der Waals surface area contributed by atoms with Crippen molar-refractivity contribution in [2.75, 3.05) is 0 Å². The van der Waals surface area contributed by atoms with Crippen LogP contribution in [0.25, 0.3) is 16.3 Å². The van der Waals surface area contributed by atoms with Gasteiger partial charge < -0.3 is 0 Å². The highest BCUT2D eigenvalue weighted by atomic mass is 14.2. The van der Waals surface area contributed by atoms with Crippen molar-refractivity contribution in [3.8, 4) is 0 Å². The lowest BCUT2D eigenvalue weighted by atomic mass is 9.84. The molecule has 0 radical (unpaired) electrons. The Hall–Kier alpha value is -1.56. The minimum absolute atomic E-state index is 1.11. The average Bonchev–Trinajstić information content (AvgIpc) is 2.28. The fourth-order valence-corrected chi connectivity index (χ4v) is 2.74. The molecule has 0 spiro atoms. The van der Waals surface area contributed by atoms with E-state index in [0.717, 1.165) is 6.42 Å². The third-order valence-electron chi connectivity index (χ3n) is 3.84. The SMILES string of the molecule is CC1=C(C)c2ccc(C)c3cccc(c23)C1. The third kappa shape index (κ3) is 1.16. The molecule has 0 N–H and O–H groups in total. The van der Waals surface area contributed by atoms with Crippen LogP contribution in [0, 0.1) is 6.92 Å². The average molecular weight is 208 g/mol. The Morgan fingerprint density at radius 2 is 1.75 bits per heavy atom. The van der Waals surface area contributed by atoms with Gasteiger partial charge in [0, 0.05) is 0 Å². The fraction of sp³-hybridized carbons (Fsp3) is 0.250. The largest absolute Gasteiger partial charge is 0.0654 e. The summed E-state index contributed by atoms with van der Waals surface area (Å²) in [6.07, 6.45) is 1.11.